The molecule has 0 atom stereocenters. The fourth-order valence-corrected chi connectivity index (χ4v) is 1.79. The van der Waals surface area contributed by atoms with Gasteiger partial charge >= 0.3 is 5.97 Å². The minimum atomic E-state index is -0.330. The van der Waals surface area contributed by atoms with Gasteiger partial charge < -0.3 is 10.1 Å². The Morgan fingerprint density at radius 3 is 2.67 bits per heavy atom. The lowest BCUT2D eigenvalue weighted by Gasteiger charge is -2.06. The standard InChI is InChI=1S/C17H18N2O2/c1-3-21-17(20)12-9-14-7-10-15(11-8-14)19-16-6-4-5-13(2)18-16/h4-12H,3H2,1-2H3,(H,18,19). The third kappa shape index (κ3) is 4.76. The molecule has 1 aromatic heterocycles. The minimum absolute atomic E-state index is 0.330. The Hall–Kier alpha value is -2.62. The first-order valence-electron chi connectivity index (χ1n) is 6.83. The van der Waals surface area contributed by atoms with Crippen molar-refractivity contribution in [3.8, 4) is 0 Å². The summed E-state index contributed by atoms with van der Waals surface area (Å²) in [4.78, 5) is 15.6. The summed E-state index contributed by atoms with van der Waals surface area (Å²) in [5.41, 5.74) is 2.85. The Balaban J connectivity index is 2.00. The van der Waals surface area contributed by atoms with E-state index in [0.717, 1.165) is 22.8 Å². The molecule has 0 saturated heterocycles. The van der Waals surface area contributed by atoms with Crippen molar-refractivity contribution in [3.63, 3.8) is 0 Å². The predicted molar refractivity (Wildman–Crippen MR) is 84.4 cm³/mol. The van der Waals surface area contributed by atoms with Crippen LogP contribution in [0.5, 0.6) is 0 Å². The number of carbonyl (C=O) groups excluding carboxylic acids is 1. The highest BCUT2D eigenvalue weighted by atomic mass is 16.5. The first kappa shape index (κ1) is 14.8. The number of hydrogen-bond acceptors (Lipinski definition) is 4. The quantitative estimate of drug-likeness (QED) is 0.671. The number of anilines is 2. The summed E-state index contributed by atoms with van der Waals surface area (Å²) in [7, 11) is 0. The van der Waals surface area contributed by atoms with Gasteiger partial charge in [0.15, 0.2) is 0 Å². The van der Waals surface area contributed by atoms with Crippen molar-refractivity contribution in [3.05, 3.63) is 59.8 Å². The normalized spacial score (nSPS) is 10.6. The highest BCUT2D eigenvalue weighted by molar-refractivity contribution is 5.87. The van der Waals surface area contributed by atoms with E-state index >= 15 is 0 Å². The van der Waals surface area contributed by atoms with Crippen molar-refractivity contribution in [2.24, 2.45) is 0 Å². The molecule has 0 aliphatic carbocycles. The summed E-state index contributed by atoms with van der Waals surface area (Å²) in [6, 6.07) is 13.6. The Morgan fingerprint density at radius 2 is 2.00 bits per heavy atom. The number of pyridine rings is 1. The fourth-order valence-electron chi connectivity index (χ4n) is 1.79. The molecule has 0 spiro atoms. The molecule has 0 radical (unpaired) electrons. The van der Waals surface area contributed by atoms with E-state index < -0.39 is 0 Å². The fraction of sp³-hybridized carbons (Fsp3) is 0.176. The monoisotopic (exact) mass is 282 g/mol. The Bertz CT molecular complexity index is 633. The second-order valence-corrected chi connectivity index (χ2v) is 4.50. The topological polar surface area (TPSA) is 51.2 Å². The number of nitrogens with zero attached hydrogens (tertiary/aromatic N) is 1. The highest BCUT2D eigenvalue weighted by Crippen LogP contribution is 2.16. The molecule has 108 valence electrons. The van der Waals surface area contributed by atoms with Crippen LogP contribution < -0.4 is 5.32 Å². The molecule has 1 heterocycles. The van der Waals surface area contributed by atoms with E-state index in [2.05, 4.69) is 10.3 Å². The lowest BCUT2D eigenvalue weighted by molar-refractivity contribution is -0.137. The van der Waals surface area contributed by atoms with Crippen LogP contribution >= 0.6 is 0 Å². The first-order valence-corrected chi connectivity index (χ1v) is 6.83. The molecule has 0 aliphatic rings. The van der Waals surface area contributed by atoms with Gasteiger partial charge in [-0.25, -0.2) is 9.78 Å². The van der Waals surface area contributed by atoms with Gasteiger partial charge in [0.25, 0.3) is 0 Å². The van der Waals surface area contributed by atoms with Gasteiger partial charge in [-0.15, -0.1) is 0 Å². The summed E-state index contributed by atoms with van der Waals surface area (Å²) in [6.07, 6.45) is 3.15. The third-order valence-electron chi connectivity index (χ3n) is 2.77. The van der Waals surface area contributed by atoms with Gasteiger partial charge in [-0.1, -0.05) is 18.2 Å². The zero-order valence-electron chi connectivity index (χ0n) is 12.2. The van der Waals surface area contributed by atoms with Crippen molar-refractivity contribution in [2.75, 3.05) is 11.9 Å². The van der Waals surface area contributed by atoms with Gasteiger partial charge in [-0.3, -0.25) is 0 Å². The molecule has 4 nitrogen and oxygen atoms in total. The second-order valence-electron chi connectivity index (χ2n) is 4.50. The summed E-state index contributed by atoms with van der Waals surface area (Å²) in [5, 5.41) is 3.23. The molecule has 0 saturated carbocycles. The lowest BCUT2D eigenvalue weighted by Crippen LogP contribution is -1.98. The molecule has 4 heteroatoms. The van der Waals surface area contributed by atoms with Gasteiger partial charge in [0.2, 0.25) is 0 Å². The third-order valence-corrected chi connectivity index (χ3v) is 2.77. The first-order chi connectivity index (χ1) is 10.2. The number of aryl methyl sites for hydroxylation is 1. The molecular formula is C17H18N2O2. The molecule has 2 aromatic rings. The number of hydrogen-bond donors (Lipinski definition) is 1. The smallest absolute Gasteiger partial charge is 0.330 e. The van der Waals surface area contributed by atoms with E-state index in [0.29, 0.717) is 6.61 Å². The van der Waals surface area contributed by atoms with Crippen LogP contribution in [0.1, 0.15) is 18.2 Å². The number of rotatable bonds is 5. The van der Waals surface area contributed by atoms with Crippen molar-refractivity contribution in [1.82, 2.24) is 4.98 Å². The van der Waals surface area contributed by atoms with E-state index in [1.54, 1.807) is 13.0 Å². The SMILES string of the molecule is CCOC(=O)C=Cc1ccc(Nc2cccc(C)n2)cc1. The zero-order chi connectivity index (χ0) is 15.1. The molecule has 0 fully saturated rings. The largest absolute Gasteiger partial charge is 0.463 e. The maximum absolute atomic E-state index is 11.2. The molecule has 0 bridgehead atoms. The van der Waals surface area contributed by atoms with Crippen LogP contribution in [0, 0.1) is 6.92 Å². The summed E-state index contributed by atoms with van der Waals surface area (Å²) in [6.45, 7) is 4.12. The average Bonchev–Trinajstić information content (AvgIpc) is 2.47. The Kier molecular flexibility index (Phi) is 5.10. The number of carbonyl (C=O) groups is 1. The van der Waals surface area contributed by atoms with E-state index in [9.17, 15) is 4.79 Å². The van der Waals surface area contributed by atoms with Crippen LogP contribution in [0.2, 0.25) is 0 Å². The summed E-state index contributed by atoms with van der Waals surface area (Å²) in [5.74, 6) is 0.480. The van der Waals surface area contributed by atoms with Crippen LogP contribution in [0.25, 0.3) is 6.08 Å². The predicted octanol–water partition coefficient (Wildman–Crippen LogP) is 3.71. The van der Waals surface area contributed by atoms with Crippen LogP contribution in [0.15, 0.2) is 48.5 Å². The van der Waals surface area contributed by atoms with Crippen molar-refractivity contribution in [2.45, 2.75) is 13.8 Å². The molecular weight excluding hydrogens is 264 g/mol. The number of ether oxygens (including phenoxy) is 1. The number of benzene rings is 1. The van der Waals surface area contributed by atoms with Crippen LogP contribution in [0.3, 0.4) is 0 Å². The maximum atomic E-state index is 11.2. The van der Waals surface area contributed by atoms with Crippen molar-refractivity contribution in [1.29, 1.82) is 0 Å². The van der Waals surface area contributed by atoms with Gasteiger partial charge in [-0.2, -0.15) is 0 Å². The summed E-state index contributed by atoms with van der Waals surface area (Å²) >= 11 is 0. The van der Waals surface area contributed by atoms with E-state index in [-0.39, 0.29) is 5.97 Å². The molecule has 0 unspecified atom stereocenters. The van der Waals surface area contributed by atoms with Crippen LogP contribution in [-0.4, -0.2) is 17.6 Å². The highest BCUT2D eigenvalue weighted by Gasteiger charge is 1.97. The van der Waals surface area contributed by atoms with Gasteiger partial charge in [0.1, 0.15) is 5.82 Å². The minimum Gasteiger partial charge on any atom is -0.463 e. The number of esters is 1. The lowest BCUT2D eigenvalue weighted by atomic mass is 10.2. The average molecular weight is 282 g/mol. The van der Waals surface area contributed by atoms with Crippen molar-refractivity contribution >= 4 is 23.6 Å². The number of nitrogens with one attached hydrogen (secondary N) is 1. The molecule has 21 heavy (non-hydrogen) atoms. The van der Waals surface area contributed by atoms with Crippen LogP contribution in [0.4, 0.5) is 11.5 Å². The van der Waals surface area contributed by atoms with Crippen molar-refractivity contribution < 1.29 is 9.53 Å². The maximum Gasteiger partial charge on any atom is 0.330 e. The van der Waals surface area contributed by atoms with Gasteiger partial charge in [-0.05, 0) is 49.8 Å². The molecule has 1 aromatic carbocycles. The van der Waals surface area contributed by atoms with Gasteiger partial charge in [0.05, 0.1) is 6.61 Å². The van der Waals surface area contributed by atoms with Crippen LogP contribution in [-0.2, 0) is 9.53 Å². The van der Waals surface area contributed by atoms with E-state index in [1.807, 2.05) is 49.4 Å². The second kappa shape index (κ2) is 7.24. The Morgan fingerprint density at radius 1 is 1.24 bits per heavy atom. The molecule has 0 aliphatic heterocycles. The summed E-state index contributed by atoms with van der Waals surface area (Å²) < 4.78 is 4.83. The molecule has 2 rings (SSSR count). The van der Waals surface area contributed by atoms with E-state index in [1.165, 1.54) is 6.08 Å². The molecule has 0 amide bonds. The van der Waals surface area contributed by atoms with E-state index in [4.69, 9.17) is 4.74 Å². The number of aromatic nitrogens is 1. The van der Waals surface area contributed by atoms with Gasteiger partial charge in [0, 0.05) is 17.5 Å². The molecule has 1 N–H and O–H groups in total. The Labute approximate surface area is 124 Å². The zero-order valence-corrected chi connectivity index (χ0v) is 12.2.